The van der Waals surface area contributed by atoms with Crippen molar-refractivity contribution in [2.75, 3.05) is 61.9 Å². The molecule has 2 amide bonds. The molecule has 4 aromatic carbocycles. The maximum atomic E-state index is 14.2. The van der Waals surface area contributed by atoms with Crippen molar-refractivity contribution in [1.82, 2.24) is 29.5 Å². The Kier molecular flexibility index (Phi) is 18.3. The topological polar surface area (TPSA) is 219 Å². The van der Waals surface area contributed by atoms with Crippen LogP contribution in [0, 0.1) is 28.6 Å². The molecular formula is C74H94N8O10S2Si. The molecule has 18 nitrogen and oxygen atoms in total. The van der Waals surface area contributed by atoms with Gasteiger partial charge in [-0.25, -0.2) is 19.6 Å². The fourth-order valence-electron chi connectivity index (χ4n) is 18.0. The van der Waals surface area contributed by atoms with Crippen molar-refractivity contribution in [3.63, 3.8) is 0 Å². The molecule has 7 aromatic rings. The zero-order valence-corrected chi connectivity index (χ0v) is 59.7. The van der Waals surface area contributed by atoms with Crippen LogP contribution < -0.4 is 20.6 Å². The first-order chi connectivity index (χ1) is 44.8. The largest absolute Gasteiger partial charge is 0.476 e. The van der Waals surface area contributed by atoms with E-state index in [1.807, 2.05) is 137 Å². The van der Waals surface area contributed by atoms with Gasteiger partial charge in [0.05, 0.1) is 46.7 Å². The van der Waals surface area contributed by atoms with Crippen molar-refractivity contribution in [3.8, 4) is 11.1 Å². The predicted octanol–water partition coefficient (Wildman–Crippen LogP) is 12.2. The Morgan fingerprint density at radius 2 is 1.46 bits per heavy atom. The van der Waals surface area contributed by atoms with Crippen LogP contribution in [0.5, 0.6) is 0 Å². The summed E-state index contributed by atoms with van der Waals surface area (Å²) in [5.74, 6) is -1.15. The van der Waals surface area contributed by atoms with Crippen molar-refractivity contribution in [2.24, 2.45) is 21.7 Å². The molecule has 5 fully saturated rings. The van der Waals surface area contributed by atoms with Crippen molar-refractivity contribution in [2.45, 2.75) is 169 Å². The highest BCUT2D eigenvalue weighted by molar-refractivity contribution is 7.86. The van der Waals surface area contributed by atoms with Gasteiger partial charge >= 0.3 is 12.1 Å². The molecule has 2 aliphatic heterocycles. The number of thiazole rings is 1. The Bertz CT molecular complexity index is 4030. The van der Waals surface area contributed by atoms with E-state index in [1.165, 1.54) is 11.3 Å². The molecule has 1 saturated heterocycles. The lowest BCUT2D eigenvalue weighted by atomic mass is 9.39. The number of para-hydroxylation sites is 1. The maximum Gasteiger partial charge on any atom is 0.410 e. The smallest absolute Gasteiger partial charge is 0.410 e. The van der Waals surface area contributed by atoms with Gasteiger partial charge in [-0.15, -0.1) is 0 Å². The van der Waals surface area contributed by atoms with E-state index in [9.17, 15) is 33.0 Å². The van der Waals surface area contributed by atoms with E-state index in [2.05, 4.69) is 78.8 Å². The maximum absolute atomic E-state index is 14.2. The van der Waals surface area contributed by atoms with Gasteiger partial charge in [0, 0.05) is 74.2 Å². The third kappa shape index (κ3) is 14.2. The van der Waals surface area contributed by atoms with Crippen LogP contribution >= 0.6 is 11.3 Å². The Morgan fingerprint density at radius 1 is 0.800 bits per heavy atom. The van der Waals surface area contributed by atoms with Gasteiger partial charge < -0.3 is 29.5 Å². The summed E-state index contributed by atoms with van der Waals surface area (Å²) >= 11 is 1.42. The summed E-state index contributed by atoms with van der Waals surface area (Å²) in [6.45, 7) is 26.1. The second-order valence-corrected chi connectivity index (χ2v) is 39.4. The van der Waals surface area contributed by atoms with Crippen LogP contribution in [0.1, 0.15) is 152 Å². The van der Waals surface area contributed by atoms with Crippen LogP contribution in [0.15, 0.2) is 121 Å². The van der Waals surface area contributed by atoms with E-state index in [-0.39, 0.29) is 57.8 Å². The number of hydrogen-bond acceptors (Lipinski definition) is 15. The monoisotopic (exact) mass is 1350 g/mol. The molecule has 4 saturated carbocycles. The third-order valence-electron chi connectivity index (χ3n) is 20.9. The molecule has 506 valence electrons. The molecule has 0 spiro atoms. The van der Waals surface area contributed by atoms with Gasteiger partial charge in [-0.3, -0.25) is 23.9 Å². The summed E-state index contributed by atoms with van der Waals surface area (Å²) < 4.78 is 50.4. The van der Waals surface area contributed by atoms with E-state index in [1.54, 1.807) is 11.1 Å². The summed E-state index contributed by atoms with van der Waals surface area (Å²) in [5.41, 5.74) is 2.49. The predicted molar refractivity (Wildman–Crippen MR) is 376 cm³/mol. The molecular weight excluding hydrogens is 1250 g/mol. The zero-order chi connectivity index (χ0) is 67.7. The number of amides is 2. The number of anilines is 2. The van der Waals surface area contributed by atoms with Gasteiger partial charge in [0.15, 0.2) is 18.9 Å². The number of pyridine rings is 1. The van der Waals surface area contributed by atoms with Gasteiger partial charge in [0.2, 0.25) is 0 Å². The number of carbonyl (C=O) groups excluding carboxylic acids is 2. The molecule has 13 rings (SSSR count). The molecule has 3 aromatic heterocycles. The summed E-state index contributed by atoms with van der Waals surface area (Å²) in [5, 5.41) is 34.0. The first kappa shape index (κ1) is 68.1. The normalized spacial score (nSPS) is 22.6. The molecule has 95 heavy (non-hydrogen) atoms. The number of hydrogen-bond donors (Lipinski definition) is 3. The Hall–Kier alpha value is -6.85. The summed E-state index contributed by atoms with van der Waals surface area (Å²) in [6.07, 6.45) is 8.05. The number of carbonyl (C=O) groups is 3. The highest BCUT2D eigenvalue weighted by Crippen LogP contribution is 2.72. The lowest BCUT2D eigenvalue weighted by Gasteiger charge is -2.69. The molecule has 6 aliphatic rings. The standard InChI is InChI=1S/C74H94N8O10S2Si/c1-50-57(55-29-30-61(77-63(55)65(85)86)80-32-31-51-21-20-26-56(58(51)41-80)64(84)78-66-76-59-27-18-19-28-60(59)93-66)38-75-82(50)48-73-43-71(10)42-72(11,44-73)46-74(45-71,47-73)90-35-33-79(52-39-81(40-52)67(87)92-68(2,3)4)34-36-94(88,89)91-49-70(8,9)37-62(83)95(69(5,6)7,53-22-14-12-15-23-53)54-24-16-13-17-25-54/h12-30,38,52,62,83H,31-37,39-49H2,1-11H3,(H,85,86)(H,76,78,84). The second-order valence-electron chi connectivity index (χ2n) is 31.7. The van der Waals surface area contributed by atoms with Crippen LogP contribution in [0.25, 0.3) is 21.3 Å². The third-order valence-corrected chi connectivity index (χ3v) is 29.1. The van der Waals surface area contributed by atoms with Crippen molar-refractivity contribution in [3.05, 3.63) is 150 Å². The Labute approximate surface area is 564 Å². The van der Waals surface area contributed by atoms with Gasteiger partial charge in [0.1, 0.15) is 11.4 Å². The molecule has 3 atom stereocenters. The minimum atomic E-state index is -4.07. The van der Waals surface area contributed by atoms with Crippen molar-refractivity contribution in [1.29, 1.82) is 0 Å². The molecule has 4 bridgehead atoms. The van der Waals surface area contributed by atoms with E-state index in [0.29, 0.717) is 86.4 Å². The first-order valence-electron chi connectivity index (χ1n) is 33.6. The van der Waals surface area contributed by atoms with Crippen LogP contribution in [-0.4, -0.2) is 149 Å². The van der Waals surface area contributed by atoms with Gasteiger partial charge in [-0.05, 0) is 147 Å². The highest BCUT2D eigenvalue weighted by atomic mass is 32.2. The number of aromatic carboxylic acids is 1. The van der Waals surface area contributed by atoms with Gasteiger partial charge in [-0.2, -0.15) is 13.5 Å². The number of ether oxygens (including phenoxy) is 2. The molecule has 3 unspecified atom stereocenters. The number of nitrogens with zero attached hydrogens (tertiary/aromatic N) is 7. The van der Waals surface area contributed by atoms with Crippen LogP contribution in [0.2, 0.25) is 5.04 Å². The number of likely N-dealkylation sites (tertiary alicyclic amines) is 1. The van der Waals surface area contributed by atoms with Gasteiger partial charge in [0.25, 0.3) is 16.0 Å². The number of benzene rings is 4. The zero-order valence-electron chi connectivity index (χ0n) is 57.0. The number of carboxylic acids is 1. The Morgan fingerprint density at radius 3 is 2.11 bits per heavy atom. The minimum Gasteiger partial charge on any atom is -0.476 e. The van der Waals surface area contributed by atoms with Crippen LogP contribution in [0.4, 0.5) is 15.7 Å². The second kappa shape index (κ2) is 25.5. The molecule has 4 aliphatic carbocycles. The molecule has 21 heteroatoms. The lowest BCUT2D eigenvalue weighted by molar-refractivity contribution is -0.249. The quantitative estimate of drug-likeness (QED) is 0.0401. The van der Waals surface area contributed by atoms with Crippen LogP contribution in [-0.2, 0) is 43.3 Å². The fraction of sp³-hybridized carbons (Fsp3) is 0.514. The van der Waals surface area contributed by atoms with E-state index < -0.39 is 52.6 Å². The van der Waals surface area contributed by atoms with E-state index in [0.717, 1.165) is 75.9 Å². The number of fused-ring (bicyclic) bond motifs is 2. The molecule has 0 radical (unpaired) electrons. The number of carboxylic acid groups (broad SMARTS) is 1. The number of rotatable bonds is 23. The lowest BCUT2D eigenvalue weighted by Crippen LogP contribution is -2.72. The highest BCUT2D eigenvalue weighted by Gasteiger charge is 2.66. The minimum absolute atomic E-state index is 0.00408. The average molecular weight is 1350 g/mol. The number of aromatic nitrogens is 4. The van der Waals surface area contributed by atoms with E-state index >= 15 is 0 Å². The van der Waals surface area contributed by atoms with Gasteiger partial charge in [-0.1, -0.05) is 155 Å². The van der Waals surface area contributed by atoms with Crippen molar-refractivity contribution >= 4 is 79.0 Å². The average Bonchev–Trinajstić information content (AvgIpc) is 0.863. The molecule has 5 heterocycles. The number of nitrogens with one attached hydrogen (secondary N) is 1. The van der Waals surface area contributed by atoms with E-state index in [4.69, 9.17) is 23.7 Å². The summed E-state index contributed by atoms with van der Waals surface area (Å²) in [7, 11) is -7.02. The summed E-state index contributed by atoms with van der Waals surface area (Å²) in [6, 6.07) is 37.7. The first-order valence-corrected chi connectivity index (χ1v) is 38.1. The number of aliphatic hydroxyl groups excluding tert-OH is 1. The van der Waals surface area contributed by atoms with Crippen molar-refractivity contribution < 1.29 is 46.7 Å². The Balaban J connectivity index is 0.721. The number of aliphatic hydroxyl groups is 1. The summed E-state index contributed by atoms with van der Waals surface area (Å²) in [4.78, 5) is 55.6. The van der Waals surface area contributed by atoms with Crippen LogP contribution in [0.3, 0.4) is 0 Å². The SMILES string of the molecule is Cc1c(-c2ccc(N3CCc4cccc(C(=O)Nc5nc6ccccc6s5)c4C3)nc2C(=O)O)cnn1CC12CC3(C)CC(C)(C1)CC(OCCN(CCS(=O)(=O)OCC(C)(C)CC(O)[Si](c1ccccc1)(c1ccccc1)C(C)(C)C)C1CN(C(=O)OC(C)(C)C)C1)(C3)C2. The molecule has 3 N–H and O–H groups in total. The fourth-order valence-corrected chi connectivity index (χ4v) is 26.1.